The van der Waals surface area contributed by atoms with Gasteiger partial charge in [-0.25, -0.2) is 18.5 Å². The fourth-order valence-corrected chi connectivity index (χ4v) is 2.93. The molecule has 3 aromatic rings. The molecule has 0 spiro atoms. The van der Waals surface area contributed by atoms with Crippen molar-refractivity contribution in [2.24, 2.45) is 5.14 Å². The Balaban J connectivity index is 1.87. The number of primary sulfonamides is 1. The second-order valence-corrected chi connectivity index (χ2v) is 6.85. The number of hydrogen-bond acceptors (Lipinski definition) is 5. The number of fused-ring (bicyclic) bond motifs is 1. The van der Waals surface area contributed by atoms with Crippen molar-refractivity contribution >= 4 is 32.7 Å². The summed E-state index contributed by atoms with van der Waals surface area (Å²) in [7, 11) is -3.87. The molecule has 25 heavy (non-hydrogen) atoms. The van der Waals surface area contributed by atoms with Gasteiger partial charge in [0, 0.05) is 5.69 Å². The molecule has 8 nitrogen and oxygen atoms in total. The van der Waals surface area contributed by atoms with Gasteiger partial charge in [0.2, 0.25) is 15.9 Å². The van der Waals surface area contributed by atoms with E-state index in [1.54, 1.807) is 24.3 Å². The molecule has 0 saturated heterocycles. The van der Waals surface area contributed by atoms with E-state index in [1.165, 1.54) is 28.8 Å². The van der Waals surface area contributed by atoms with Crippen LogP contribution in [0.25, 0.3) is 11.0 Å². The Labute approximate surface area is 143 Å². The Hall–Kier alpha value is -3.04. The number of rotatable bonds is 4. The zero-order valence-electron chi connectivity index (χ0n) is 12.9. The first-order valence-electron chi connectivity index (χ1n) is 7.22. The lowest BCUT2D eigenvalue weighted by atomic mass is 10.3. The van der Waals surface area contributed by atoms with Gasteiger partial charge in [-0.15, -0.1) is 0 Å². The minimum atomic E-state index is -3.87. The van der Waals surface area contributed by atoms with Crippen molar-refractivity contribution in [3.63, 3.8) is 0 Å². The number of nitrogens with two attached hydrogens (primary N) is 1. The Morgan fingerprint density at radius 1 is 1.16 bits per heavy atom. The number of carbonyl (C=O) groups is 1. The van der Waals surface area contributed by atoms with Gasteiger partial charge in [0.05, 0.1) is 22.1 Å². The molecule has 1 heterocycles. The van der Waals surface area contributed by atoms with Crippen molar-refractivity contribution in [2.45, 2.75) is 11.4 Å². The second kappa shape index (κ2) is 6.46. The molecule has 9 heteroatoms. The molecule has 0 bridgehead atoms. The summed E-state index contributed by atoms with van der Waals surface area (Å²) in [6.45, 7) is -0.235. The van der Waals surface area contributed by atoms with Crippen molar-refractivity contribution in [2.75, 3.05) is 5.32 Å². The summed E-state index contributed by atoms with van der Waals surface area (Å²) in [6.07, 6.45) is 1.15. The smallest absolute Gasteiger partial charge is 0.269 e. The van der Waals surface area contributed by atoms with Gasteiger partial charge in [-0.1, -0.05) is 18.2 Å². The minimum Gasteiger partial charge on any atom is -0.324 e. The number of para-hydroxylation sites is 2. The first kappa shape index (κ1) is 16.8. The molecule has 0 aliphatic heterocycles. The van der Waals surface area contributed by atoms with Gasteiger partial charge in [-0.3, -0.25) is 14.2 Å². The highest BCUT2D eigenvalue weighted by Crippen LogP contribution is 2.14. The van der Waals surface area contributed by atoms with Gasteiger partial charge in [-0.05, 0) is 30.3 Å². The van der Waals surface area contributed by atoms with E-state index in [9.17, 15) is 18.0 Å². The fourth-order valence-electron chi connectivity index (χ4n) is 2.37. The molecule has 0 unspecified atom stereocenters. The third kappa shape index (κ3) is 3.73. The first-order chi connectivity index (χ1) is 11.8. The number of sulfonamides is 1. The van der Waals surface area contributed by atoms with Gasteiger partial charge in [-0.2, -0.15) is 0 Å². The van der Waals surface area contributed by atoms with Crippen LogP contribution >= 0.6 is 0 Å². The van der Waals surface area contributed by atoms with Gasteiger partial charge < -0.3 is 5.32 Å². The van der Waals surface area contributed by atoms with Crippen LogP contribution in [-0.4, -0.2) is 23.9 Å². The van der Waals surface area contributed by atoms with Gasteiger partial charge in [0.15, 0.2) is 0 Å². The van der Waals surface area contributed by atoms with Crippen LogP contribution in [0.4, 0.5) is 5.69 Å². The van der Waals surface area contributed by atoms with Crippen molar-refractivity contribution < 1.29 is 13.2 Å². The van der Waals surface area contributed by atoms with Crippen molar-refractivity contribution in [3.8, 4) is 0 Å². The van der Waals surface area contributed by atoms with E-state index < -0.39 is 21.5 Å². The third-order valence-electron chi connectivity index (χ3n) is 3.50. The molecular weight excluding hydrogens is 344 g/mol. The highest BCUT2D eigenvalue weighted by molar-refractivity contribution is 7.89. The van der Waals surface area contributed by atoms with Gasteiger partial charge >= 0.3 is 0 Å². The SMILES string of the molecule is NS(=O)(=O)c1cccc(NC(=O)Cn2c(=O)cnc3ccccc32)c1. The summed E-state index contributed by atoms with van der Waals surface area (Å²) < 4.78 is 24.0. The van der Waals surface area contributed by atoms with E-state index in [0.717, 1.165) is 6.20 Å². The molecule has 0 saturated carbocycles. The van der Waals surface area contributed by atoms with Gasteiger partial charge in [0.25, 0.3) is 5.56 Å². The lowest BCUT2D eigenvalue weighted by Crippen LogP contribution is -2.28. The van der Waals surface area contributed by atoms with Crippen LogP contribution < -0.4 is 16.0 Å². The third-order valence-corrected chi connectivity index (χ3v) is 4.41. The normalized spacial score (nSPS) is 11.4. The molecule has 128 valence electrons. The van der Waals surface area contributed by atoms with Crippen LogP contribution in [-0.2, 0) is 21.4 Å². The molecule has 0 fully saturated rings. The maximum atomic E-state index is 12.3. The van der Waals surface area contributed by atoms with E-state index in [0.29, 0.717) is 11.0 Å². The largest absolute Gasteiger partial charge is 0.324 e. The summed E-state index contributed by atoms with van der Waals surface area (Å²) in [6, 6.07) is 12.5. The van der Waals surface area contributed by atoms with Crippen molar-refractivity contribution in [1.82, 2.24) is 9.55 Å². The quantitative estimate of drug-likeness (QED) is 0.710. The molecule has 1 amide bonds. The summed E-state index contributed by atoms with van der Waals surface area (Å²) in [4.78, 5) is 28.2. The van der Waals surface area contributed by atoms with Crippen LogP contribution in [0.15, 0.2) is 64.4 Å². The van der Waals surface area contributed by atoms with Crippen LogP contribution in [0.3, 0.4) is 0 Å². The minimum absolute atomic E-state index is 0.114. The molecule has 0 radical (unpaired) electrons. The predicted octanol–water partition coefficient (Wildman–Crippen LogP) is 0.683. The van der Waals surface area contributed by atoms with Crippen molar-refractivity contribution in [1.29, 1.82) is 0 Å². The highest BCUT2D eigenvalue weighted by Gasteiger charge is 2.11. The van der Waals surface area contributed by atoms with Crippen LogP contribution in [0.1, 0.15) is 0 Å². The maximum Gasteiger partial charge on any atom is 0.269 e. The molecular formula is C16H14N4O4S. The average molecular weight is 358 g/mol. The van der Waals surface area contributed by atoms with Crippen LogP contribution in [0.5, 0.6) is 0 Å². The predicted molar refractivity (Wildman–Crippen MR) is 92.4 cm³/mol. The lowest BCUT2D eigenvalue weighted by molar-refractivity contribution is -0.116. The summed E-state index contributed by atoms with van der Waals surface area (Å²) in [5.41, 5.74) is 0.977. The first-order valence-corrected chi connectivity index (χ1v) is 8.76. The number of amides is 1. The van der Waals surface area contributed by atoms with Crippen LogP contribution in [0.2, 0.25) is 0 Å². The number of aromatic nitrogens is 2. The Morgan fingerprint density at radius 3 is 2.68 bits per heavy atom. The number of carbonyl (C=O) groups excluding carboxylic acids is 1. The Morgan fingerprint density at radius 2 is 1.92 bits per heavy atom. The Kier molecular flexibility index (Phi) is 4.34. The maximum absolute atomic E-state index is 12.3. The number of benzene rings is 2. The summed E-state index contributed by atoms with van der Waals surface area (Å²) in [5.74, 6) is -0.481. The van der Waals surface area contributed by atoms with E-state index >= 15 is 0 Å². The van der Waals surface area contributed by atoms with Gasteiger partial charge in [0.1, 0.15) is 6.54 Å². The van der Waals surface area contributed by atoms with Crippen molar-refractivity contribution in [3.05, 3.63) is 65.1 Å². The molecule has 0 aliphatic carbocycles. The number of hydrogen-bond donors (Lipinski definition) is 2. The molecule has 3 N–H and O–H groups in total. The summed E-state index contributed by atoms with van der Waals surface area (Å²) >= 11 is 0. The van der Waals surface area contributed by atoms with E-state index in [2.05, 4.69) is 10.3 Å². The second-order valence-electron chi connectivity index (χ2n) is 5.29. The topological polar surface area (TPSA) is 124 Å². The van der Waals surface area contributed by atoms with E-state index in [1.807, 2.05) is 0 Å². The number of nitrogens with one attached hydrogen (secondary N) is 1. The van der Waals surface area contributed by atoms with E-state index in [4.69, 9.17) is 5.14 Å². The monoisotopic (exact) mass is 358 g/mol. The number of anilines is 1. The molecule has 2 aromatic carbocycles. The average Bonchev–Trinajstić information content (AvgIpc) is 2.57. The zero-order chi connectivity index (χ0) is 18.0. The molecule has 0 aliphatic rings. The standard InChI is InChI=1S/C16H14N4O4S/c17-25(23,24)12-5-3-4-11(8-12)19-15(21)10-20-14-7-2-1-6-13(14)18-9-16(20)22/h1-9H,10H2,(H,19,21)(H2,17,23,24). The van der Waals surface area contributed by atoms with E-state index in [-0.39, 0.29) is 17.1 Å². The lowest BCUT2D eigenvalue weighted by Gasteiger charge is -2.10. The summed E-state index contributed by atoms with van der Waals surface area (Å²) in [5, 5.41) is 7.62. The molecule has 1 aromatic heterocycles. The zero-order valence-corrected chi connectivity index (χ0v) is 13.7. The van der Waals surface area contributed by atoms with Crippen LogP contribution in [0, 0.1) is 0 Å². The molecule has 0 atom stereocenters. The highest BCUT2D eigenvalue weighted by atomic mass is 32.2. The fraction of sp³-hybridized carbons (Fsp3) is 0.0625. The Bertz CT molecular complexity index is 1120. The number of nitrogens with zero attached hydrogens (tertiary/aromatic N) is 2. The molecule has 3 rings (SSSR count).